The quantitative estimate of drug-likeness (QED) is 0.462. The van der Waals surface area contributed by atoms with Gasteiger partial charge in [-0.1, -0.05) is 17.9 Å². The van der Waals surface area contributed by atoms with Crippen molar-refractivity contribution in [2.75, 3.05) is 0 Å². The number of terminal acetylenes is 1. The van der Waals surface area contributed by atoms with Gasteiger partial charge in [0.1, 0.15) is 0 Å². The maximum absolute atomic E-state index is 5.14. The van der Waals surface area contributed by atoms with E-state index in [9.17, 15) is 0 Å². The van der Waals surface area contributed by atoms with Crippen molar-refractivity contribution in [2.24, 2.45) is 0 Å². The molecule has 1 aromatic carbocycles. The summed E-state index contributed by atoms with van der Waals surface area (Å²) in [5.41, 5.74) is 3.59. The summed E-state index contributed by atoms with van der Waals surface area (Å²) in [6.45, 7) is 4.17. The molecule has 0 bridgehead atoms. The van der Waals surface area contributed by atoms with Crippen LogP contribution in [-0.2, 0) is 0 Å². The average molecular weight is 182 g/mol. The van der Waals surface area contributed by atoms with E-state index in [1.165, 1.54) is 11.1 Å². The van der Waals surface area contributed by atoms with Crippen LogP contribution >= 0.6 is 0 Å². The third-order valence-corrected chi connectivity index (χ3v) is 1.85. The summed E-state index contributed by atoms with van der Waals surface area (Å²) in [5.74, 6) is 8.75. The van der Waals surface area contributed by atoms with Gasteiger partial charge in [-0.05, 0) is 37.1 Å². The minimum Gasteiger partial charge on any atom is -0.120 e. The Balaban J connectivity index is 2.75. The summed E-state index contributed by atoms with van der Waals surface area (Å²) >= 11 is 0. The molecular formula is C14H14. The van der Waals surface area contributed by atoms with E-state index in [4.69, 9.17) is 6.42 Å². The standard InChI is InChI=1S/C14H14/c1-4-5-6-7-8-14-10-12(2)9-13(3)11-14/h1,9-11H,5-6H2,2-3H3. The lowest BCUT2D eigenvalue weighted by atomic mass is 10.1. The summed E-state index contributed by atoms with van der Waals surface area (Å²) in [7, 11) is 0. The number of unbranched alkanes of at least 4 members (excludes halogenated alkanes) is 1. The second-order valence-electron chi connectivity index (χ2n) is 3.38. The molecule has 0 spiro atoms. The van der Waals surface area contributed by atoms with Crippen molar-refractivity contribution < 1.29 is 0 Å². The van der Waals surface area contributed by atoms with Crippen LogP contribution in [0, 0.1) is 38.0 Å². The summed E-state index contributed by atoms with van der Waals surface area (Å²) < 4.78 is 0. The predicted molar refractivity (Wildman–Crippen MR) is 60.9 cm³/mol. The van der Waals surface area contributed by atoms with Gasteiger partial charge in [0.05, 0.1) is 0 Å². The summed E-state index contributed by atoms with van der Waals surface area (Å²) in [4.78, 5) is 0. The lowest BCUT2D eigenvalue weighted by Crippen LogP contribution is -1.81. The number of aryl methyl sites for hydroxylation is 2. The van der Waals surface area contributed by atoms with Crippen molar-refractivity contribution in [3.63, 3.8) is 0 Å². The second kappa shape index (κ2) is 5.15. The molecule has 0 aliphatic heterocycles. The zero-order valence-electron chi connectivity index (χ0n) is 8.72. The Kier molecular flexibility index (Phi) is 3.84. The highest BCUT2D eigenvalue weighted by atomic mass is 14.0. The molecule has 0 saturated heterocycles. The second-order valence-corrected chi connectivity index (χ2v) is 3.38. The molecule has 0 heterocycles. The van der Waals surface area contributed by atoms with Crippen LogP contribution in [-0.4, -0.2) is 0 Å². The van der Waals surface area contributed by atoms with Crippen LogP contribution in [0.15, 0.2) is 18.2 Å². The molecule has 0 unspecified atom stereocenters. The smallest absolute Gasteiger partial charge is 0.0250 e. The summed E-state index contributed by atoms with van der Waals surface area (Å²) in [6.07, 6.45) is 6.65. The van der Waals surface area contributed by atoms with Crippen molar-refractivity contribution in [1.29, 1.82) is 0 Å². The molecule has 0 heteroatoms. The van der Waals surface area contributed by atoms with E-state index >= 15 is 0 Å². The van der Waals surface area contributed by atoms with Crippen LogP contribution in [0.25, 0.3) is 0 Å². The maximum Gasteiger partial charge on any atom is 0.0250 e. The molecule has 0 nitrogen and oxygen atoms in total. The molecule has 0 amide bonds. The van der Waals surface area contributed by atoms with E-state index in [1.54, 1.807) is 0 Å². The Hall–Kier alpha value is -1.66. The van der Waals surface area contributed by atoms with Gasteiger partial charge in [-0.25, -0.2) is 0 Å². The largest absolute Gasteiger partial charge is 0.120 e. The van der Waals surface area contributed by atoms with Gasteiger partial charge in [-0.15, -0.1) is 12.3 Å². The first-order chi connectivity index (χ1) is 6.72. The molecule has 0 atom stereocenters. The molecule has 0 aliphatic carbocycles. The molecule has 1 rings (SSSR count). The van der Waals surface area contributed by atoms with Crippen molar-refractivity contribution in [3.8, 4) is 24.2 Å². The first kappa shape index (κ1) is 10.4. The fourth-order valence-corrected chi connectivity index (χ4v) is 1.35. The van der Waals surface area contributed by atoms with Crippen LogP contribution in [0.5, 0.6) is 0 Å². The lowest BCUT2D eigenvalue weighted by molar-refractivity contribution is 1.12. The van der Waals surface area contributed by atoms with Gasteiger partial charge >= 0.3 is 0 Å². The molecule has 0 saturated carbocycles. The number of benzene rings is 1. The fraction of sp³-hybridized carbons (Fsp3) is 0.286. The van der Waals surface area contributed by atoms with Gasteiger partial charge in [0, 0.05) is 18.4 Å². The van der Waals surface area contributed by atoms with Gasteiger partial charge in [-0.2, -0.15) is 0 Å². The zero-order valence-corrected chi connectivity index (χ0v) is 8.72. The van der Waals surface area contributed by atoms with Crippen molar-refractivity contribution in [3.05, 3.63) is 34.9 Å². The van der Waals surface area contributed by atoms with Gasteiger partial charge in [0.15, 0.2) is 0 Å². The molecule has 70 valence electrons. The average Bonchev–Trinajstić information content (AvgIpc) is 2.11. The van der Waals surface area contributed by atoms with Crippen molar-refractivity contribution in [1.82, 2.24) is 0 Å². The summed E-state index contributed by atoms with van der Waals surface area (Å²) in [5, 5.41) is 0. The third kappa shape index (κ3) is 3.38. The van der Waals surface area contributed by atoms with E-state index in [0.717, 1.165) is 18.4 Å². The van der Waals surface area contributed by atoms with Crippen LogP contribution in [0.3, 0.4) is 0 Å². The molecule has 0 N–H and O–H groups in total. The predicted octanol–water partition coefficient (Wildman–Crippen LogP) is 3.07. The van der Waals surface area contributed by atoms with Gasteiger partial charge in [0.25, 0.3) is 0 Å². The van der Waals surface area contributed by atoms with Crippen LogP contribution in [0.1, 0.15) is 29.5 Å². The van der Waals surface area contributed by atoms with Crippen molar-refractivity contribution in [2.45, 2.75) is 26.7 Å². The SMILES string of the molecule is C#CCCC#Cc1cc(C)cc(C)c1. The highest BCUT2D eigenvalue weighted by Gasteiger charge is 1.90. The Morgan fingerprint density at radius 1 is 1.07 bits per heavy atom. The molecule has 0 radical (unpaired) electrons. The van der Waals surface area contributed by atoms with E-state index in [2.05, 4.69) is 49.8 Å². The molecule has 0 aromatic heterocycles. The highest BCUT2D eigenvalue weighted by molar-refractivity contribution is 5.39. The Morgan fingerprint density at radius 3 is 2.29 bits per heavy atom. The normalized spacial score (nSPS) is 8.64. The van der Waals surface area contributed by atoms with E-state index in [1.807, 2.05) is 0 Å². The molecule has 1 aromatic rings. The van der Waals surface area contributed by atoms with E-state index in [0.29, 0.717) is 0 Å². The van der Waals surface area contributed by atoms with Crippen molar-refractivity contribution >= 4 is 0 Å². The fourth-order valence-electron chi connectivity index (χ4n) is 1.35. The van der Waals surface area contributed by atoms with Gasteiger partial charge in [0.2, 0.25) is 0 Å². The topological polar surface area (TPSA) is 0 Å². The Bertz CT molecular complexity index is 388. The Labute approximate surface area is 86.3 Å². The van der Waals surface area contributed by atoms with Crippen LogP contribution < -0.4 is 0 Å². The lowest BCUT2D eigenvalue weighted by Gasteiger charge is -1.97. The minimum absolute atomic E-state index is 0.734. The molecule has 0 aliphatic rings. The molecule has 0 fully saturated rings. The van der Waals surface area contributed by atoms with E-state index in [-0.39, 0.29) is 0 Å². The minimum atomic E-state index is 0.734. The highest BCUT2D eigenvalue weighted by Crippen LogP contribution is 2.07. The molecule has 14 heavy (non-hydrogen) atoms. The van der Waals surface area contributed by atoms with E-state index < -0.39 is 0 Å². The zero-order chi connectivity index (χ0) is 10.4. The number of hydrogen-bond donors (Lipinski definition) is 0. The third-order valence-electron chi connectivity index (χ3n) is 1.85. The van der Waals surface area contributed by atoms with Crippen LogP contribution in [0.2, 0.25) is 0 Å². The Morgan fingerprint density at radius 2 is 1.71 bits per heavy atom. The first-order valence-corrected chi connectivity index (χ1v) is 4.73. The van der Waals surface area contributed by atoms with Gasteiger partial charge < -0.3 is 0 Å². The first-order valence-electron chi connectivity index (χ1n) is 4.73. The monoisotopic (exact) mass is 182 g/mol. The summed E-state index contributed by atoms with van der Waals surface area (Å²) in [6, 6.07) is 6.33. The van der Waals surface area contributed by atoms with Crippen LogP contribution in [0.4, 0.5) is 0 Å². The maximum atomic E-state index is 5.14. The number of rotatable bonds is 1. The van der Waals surface area contributed by atoms with Gasteiger partial charge in [-0.3, -0.25) is 0 Å². The molecular weight excluding hydrogens is 168 g/mol. The number of hydrogen-bond acceptors (Lipinski definition) is 0.